The Morgan fingerprint density at radius 3 is 2.43 bits per heavy atom. The van der Waals surface area contributed by atoms with Gasteiger partial charge in [-0.25, -0.2) is 0 Å². The van der Waals surface area contributed by atoms with Crippen LogP contribution in [0.5, 0.6) is 0 Å². The number of H-pyrrole nitrogens is 1. The van der Waals surface area contributed by atoms with Crippen LogP contribution in [0.4, 0.5) is 5.69 Å². The Labute approximate surface area is 84.3 Å². The van der Waals surface area contributed by atoms with Gasteiger partial charge >= 0.3 is 0 Å². The fourth-order valence-electron chi connectivity index (χ4n) is 1.44. The molecule has 1 heterocycles. The van der Waals surface area contributed by atoms with Crippen molar-refractivity contribution >= 4 is 16.6 Å². The zero-order valence-corrected chi connectivity index (χ0v) is 9.18. The Bertz CT molecular complexity index is 429. The lowest BCUT2D eigenvalue weighted by Gasteiger charge is -1.98. The predicted octanol–water partition coefficient (Wildman–Crippen LogP) is 2.79. The third-order valence-electron chi connectivity index (χ3n) is 2.12. The van der Waals surface area contributed by atoms with Gasteiger partial charge in [-0.3, -0.25) is 5.10 Å². The quantitative estimate of drug-likeness (QED) is 0.629. The summed E-state index contributed by atoms with van der Waals surface area (Å²) >= 11 is 0. The second-order valence-corrected chi connectivity index (χ2v) is 3.04. The minimum Gasteiger partial charge on any atom is -0.398 e. The Kier molecular flexibility index (Phi) is 3.12. The normalized spacial score (nSPS) is 9.71. The number of aromatic amines is 1. The highest BCUT2D eigenvalue weighted by Crippen LogP contribution is 2.24. The van der Waals surface area contributed by atoms with E-state index in [0.717, 1.165) is 27.8 Å². The monoisotopic (exact) mass is 191 g/mol. The fourth-order valence-corrected chi connectivity index (χ4v) is 1.44. The van der Waals surface area contributed by atoms with Crippen molar-refractivity contribution < 1.29 is 0 Å². The molecule has 1 aromatic carbocycles. The number of fused-ring (bicyclic) bond motifs is 1. The molecule has 0 spiro atoms. The lowest BCUT2D eigenvalue weighted by atomic mass is 10.1. The van der Waals surface area contributed by atoms with Crippen LogP contribution in [-0.2, 0) is 0 Å². The number of nitrogens with zero attached hydrogens (tertiary/aromatic N) is 1. The number of hydrogen-bond acceptors (Lipinski definition) is 2. The number of aryl methyl sites for hydroxylation is 2. The van der Waals surface area contributed by atoms with Gasteiger partial charge in [0.2, 0.25) is 0 Å². The third kappa shape index (κ3) is 1.58. The molecule has 0 atom stereocenters. The fraction of sp³-hybridized carbons (Fsp3) is 0.364. The standard InChI is InChI=1S/C9H11N3.C2H6/c1-5-3-4-7(10)8-6(2)11-12-9(5)8;1-2/h3-4H,10H2,1-2H3,(H,11,12);1-2H3. The summed E-state index contributed by atoms with van der Waals surface area (Å²) < 4.78 is 0. The summed E-state index contributed by atoms with van der Waals surface area (Å²) in [6.07, 6.45) is 0. The molecule has 3 N–H and O–H groups in total. The third-order valence-corrected chi connectivity index (χ3v) is 2.12. The minimum atomic E-state index is 0.793. The van der Waals surface area contributed by atoms with Gasteiger partial charge in [0.25, 0.3) is 0 Å². The molecule has 0 aliphatic carbocycles. The van der Waals surface area contributed by atoms with Crippen molar-refractivity contribution in [2.75, 3.05) is 5.73 Å². The summed E-state index contributed by atoms with van der Waals surface area (Å²) in [5, 5.41) is 8.15. The topological polar surface area (TPSA) is 54.7 Å². The Morgan fingerprint density at radius 1 is 1.21 bits per heavy atom. The first kappa shape index (κ1) is 10.6. The van der Waals surface area contributed by atoms with Crippen molar-refractivity contribution in [1.29, 1.82) is 0 Å². The number of nitrogen functional groups attached to an aromatic ring is 1. The van der Waals surface area contributed by atoms with Crippen LogP contribution in [0.1, 0.15) is 25.1 Å². The molecule has 0 bridgehead atoms. The summed E-state index contributed by atoms with van der Waals surface area (Å²) in [6, 6.07) is 3.90. The van der Waals surface area contributed by atoms with E-state index in [1.165, 1.54) is 0 Å². The van der Waals surface area contributed by atoms with Crippen LogP contribution >= 0.6 is 0 Å². The Morgan fingerprint density at radius 2 is 1.86 bits per heavy atom. The molecule has 0 amide bonds. The summed E-state index contributed by atoms with van der Waals surface area (Å²) in [5.74, 6) is 0. The van der Waals surface area contributed by atoms with Crippen molar-refractivity contribution in [3.05, 3.63) is 23.4 Å². The molecule has 1 aromatic heterocycles. The molecule has 0 unspecified atom stereocenters. The molecule has 0 saturated carbocycles. The van der Waals surface area contributed by atoms with Gasteiger partial charge in [0.05, 0.1) is 5.52 Å². The first-order valence-electron chi connectivity index (χ1n) is 4.90. The highest BCUT2D eigenvalue weighted by Gasteiger charge is 2.06. The first-order chi connectivity index (χ1) is 6.70. The summed E-state index contributed by atoms with van der Waals surface area (Å²) in [7, 11) is 0. The number of anilines is 1. The van der Waals surface area contributed by atoms with E-state index in [1.807, 2.05) is 39.8 Å². The molecule has 0 saturated heterocycles. The van der Waals surface area contributed by atoms with Crippen LogP contribution in [0.15, 0.2) is 12.1 Å². The molecular formula is C11H17N3. The molecule has 2 rings (SSSR count). The molecule has 76 valence electrons. The van der Waals surface area contributed by atoms with Gasteiger partial charge in [-0.2, -0.15) is 5.10 Å². The lowest BCUT2D eigenvalue weighted by molar-refractivity contribution is 1.06. The largest absolute Gasteiger partial charge is 0.398 e. The van der Waals surface area contributed by atoms with Crippen LogP contribution in [0.25, 0.3) is 10.9 Å². The van der Waals surface area contributed by atoms with E-state index >= 15 is 0 Å². The van der Waals surface area contributed by atoms with E-state index in [0.29, 0.717) is 0 Å². The summed E-state index contributed by atoms with van der Waals surface area (Å²) in [5.41, 5.74) is 9.77. The smallest absolute Gasteiger partial charge is 0.0973 e. The van der Waals surface area contributed by atoms with Crippen LogP contribution in [0.3, 0.4) is 0 Å². The zero-order valence-electron chi connectivity index (χ0n) is 9.18. The Balaban J connectivity index is 0.000000461. The van der Waals surface area contributed by atoms with Gasteiger partial charge in [-0.15, -0.1) is 0 Å². The summed E-state index contributed by atoms with van der Waals surface area (Å²) in [6.45, 7) is 8.01. The van der Waals surface area contributed by atoms with E-state index in [-0.39, 0.29) is 0 Å². The maximum Gasteiger partial charge on any atom is 0.0973 e. The molecule has 0 aliphatic heterocycles. The van der Waals surface area contributed by atoms with E-state index in [2.05, 4.69) is 10.2 Å². The van der Waals surface area contributed by atoms with Crippen LogP contribution in [0.2, 0.25) is 0 Å². The van der Waals surface area contributed by atoms with E-state index in [4.69, 9.17) is 5.73 Å². The number of nitrogens with two attached hydrogens (primary N) is 1. The highest BCUT2D eigenvalue weighted by molar-refractivity contribution is 5.94. The van der Waals surface area contributed by atoms with Gasteiger partial charge < -0.3 is 5.73 Å². The predicted molar refractivity (Wildman–Crippen MR) is 61.3 cm³/mol. The van der Waals surface area contributed by atoms with Crippen molar-refractivity contribution in [2.24, 2.45) is 0 Å². The van der Waals surface area contributed by atoms with Gasteiger partial charge in [0.1, 0.15) is 0 Å². The maximum atomic E-state index is 5.81. The first-order valence-corrected chi connectivity index (χ1v) is 4.90. The highest BCUT2D eigenvalue weighted by atomic mass is 15.1. The van der Waals surface area contributed by atoms with Gasteiger partial charge in [0, 0.05) is 16.8 Å². The number of nitrogens with one attached hydrogen (secondary N) is 1. The molecule has 0 radical (unpaired) electrons. The molecule has 3 heteroatoms. The van der Waals surface area contributed by atoms with E-state index in [9.17, 15) is 0 Å². The van der Waals surface area contributed by atoms with Gasteiger partial charge in [-0.1, -0.05) is 19.9 Å². The van der Waals surface area contributed by atoms with Crippen molar-refractivity contribution in [3.8, 4) is 0 Å². The number of benzene rings is 1. The van der Waals surface area contributed by atoms with Crippen LogP contribution < -0.4 is 5.73 Å². The summed E-state index contributed by atoms with van der Waals surface area (Å²) in [4.78, 5) is 0. The molecule has 2 aromatic rings. The molecule has 3 nitrogen and oxygen atoms in total. The number of aromatic nitrogens is 2. The minimum absolute atomic E-state index is 0.793. The molecule has 0 aliphatic rings. The molecule has 14 heavy (non-hydrogen) atoms. The maximum absolute atomic E-state index is 5.81. The van der Waals surface area contributed by atoms with Gasteiger partial charge in [-0.05, 0) is 25.5 Å². The van der Waals surface area contributed by atoms with Crippen LogP contribution in [-0.4, -0.2) is 10.2 Å². The lowest BCUT2D eigenvalue weighted by Crippen LogP contribution is -1.87. The molecule has 0 fully saturated rings. The zero-order chi connectivity index (χ0) is 10.7. The molecular weight excluding hydrogens is 174 g/mol. The van der Waals surface area contributed by atoms with E-state index in [1.54, 1.807) is 0 Å². The van der Waals surface area contributed by atoms with E-state index < -0.39 is 0 Å². The Hall–Kier alpha value is -1.51. The van der Waals surface area contributed by atoms with Crippen LogP contribution in [0, 0.1) is 13.8 Å². The average molecular weight is 191 g/mol. The van der Waals surface area contributed by atoms with Crippen molar-refractivity contribution in [1.82, 2.24) is 10.2 Å². The SMILES string of the molecule is CC.Cc1ccc(N)c2c(C)[nH]nc12. The van der Waals surface area contributed by atoms with Crippen molar-refractivity contribution in [3.63, 3.8) is 0 Å². The number of hydrogen-bond donors (Lipinski definition) is 2. The number of rotatable bonds is 0. The second kappa shape index (κ2) is 4.13. The van der Waals surface area contributed by atoms with Crippen molar-refractivity contribution in [2.45, 2.75) is 27.7 Å². The second-order valence-electron chi connectivity index (χ2n) is 3.04. The van der Waals surface area contributed by atoms with Gasteiger partial charge in [0.15, 0.2) is 0 Å². The average Bonchev–Trinajstić information content (AvgIpc) is 2.59.